The first kappa shape index (κ1) is 15.6. The molecule has 2 saturated heterocycles. The normalized spacial score (nSPS) is 25.7. The molecule has 2 rings (SSSR count). The average Bonchev–Trinajstić information content (AvgIpc) is 2.35. The first-order chi connectivity index (χ1) is 9.26. The number of hydrogen-bond donors (Lipinski definition) is 0. The van der Waals surface area contributed by atoms with Gasteiger partial charge in [-0.25, -0.2) is 4.79 Å². The molecule has 0 aromatic heterocycles. The molecule has 0 spiro atoms. The molecule has 1 amide bonds. The number of ether oxygens (including phenoxy) is 1. The van der Waals surface area contributed by atoms with Crippen LogP contribution in [0.2, 0.25) is 0 Å². The zero-order valence-electron chi connectivity index (χ0n) is 13.6. The summed E-state index contributed by atoms with van der Waals surface area (Å²) < 4.78 is 5.49. The van der Waals surface area contributed by atoms with Crippen molar-refractivity contribution in [3.8, 4) is 0 Å². The molecule has 116 valence electrons. The third-order valence-corrected chi connectivity index (χ3v) is 4.11. The van der Waals surface area contributed by atoms with Crippen molar-refractivity contribution in [3.05, 3.63) is 0 Å². The quantitative estimate of drug-likeness (QED) is 0.733. The Kier molecular flexibility index (Phi) is 4.59. The standard InChI is InChI=1S/C15H29N3O2/c1-12(2)17-8-6-16-7-9-18(11-13(16)10-17)14(19)20-15(3,4)5/h12-13H,6-11H2,1-5H3. The highest BCUT2D eigenvalue weighted by molar-refractivity contribution is 5.68. The highest BCUT2D eigenvalue weighted by Crippen LogP contribution is 2.19. The predicted molar refractivity (Wildman–Crippen MR) is 79.9 cm³/mol. The Hall–Kier alpha value is -0.810. The van der Waals surface area contributed by atoms with E-state index in [0.717, 1.165) is 39.3 Å². The first-order valence-electron chi connectivity index (χ1n) is 7.72. The molecule has 0 aromatic rings. The number of carbonyl (C=O) groups is 1. The van der Waals surface area contributed by atoms with E-state index in [1.165, 1.54) is 0 Å². The molecule has 2 aliphatic heterocycles. The van der Waals surface area contributed by atoms with Crippen molar-refractivity contribution in [2.24, 2.45) is 0 Å². The van der Waals surface area contributed by atoms with Gasteiger partial charge in [0.05, 0.1) is 0 Å². The second-order valence-electron chi connectivity index (χ2n) is 7.20. The van der Waals surface area contributed by atoms with Gasteiger partial charge in [-0.2, -0.15) is 0 Å². The summed E-state index contributed by atoms with van der Waals surface area (Å²) in [5.41, 5.74) is -0.412. The van der Waals surface area contributed by atoms with Gasteiger partial charge in [-0.3, -0.25) is 9.80 Å². The van der Waals surface area contributed by atoms with Crippen molar-refractivity contribution in [2.75, 3.05) is 39.3 Å². The lowest BCUT2D eigenvalue weighted by Gasteiger charge is -2.48. The van der Waals surface area contributed by atoms with Gasteiger partial charge < -0.3 is 9.64 Å². The molecule has 5 nitrogen and oxygen atoms in total. The zero-order valence-corrected chi connectivity index (χ0v) is 13.6. The number of piperazine rings is 2. The van der Waals surface area contributed by atoms with E-state index in [4.69, 9.17) is 4.74 Å². The summed E-state index contributed by atoms with van der Waals surface area (Å²) in [6, 6.07) is 1.03. The summed E-state index contributed by atoms with van der Waals surface area (Å²) in [4.78, 5) is 19.1. The Morgan fingerprint density at radius 2 is 1.75 bits per heavy atom. The summed E-state index contributed by atoms with van der Waals surface area (Å²) >= 11 is 0. The highest BCUT2D eigenvalue weighted by Gasteiger charge is 2.35. The minimum Gasteiger partial charge on any atom is -0.444 e. The lowest BCUT2D eigenvalue weighted by molar-refractivity contribution is -0.0192. The molecule has 2 heterocycles. The number of amides is 1. The van der Waals surface area contributed by atoms with E-state index in [1.807, 2.05) is 25.7 Å². The van der Waals surface area contributed by atoms with Gasteiger partial charge in [-0.05, 0) is 34.6 Å². The van der Waals surface area contributed by atoms with Crippen LogP contribution in [0.5, 0.6) is 0 Å². The van der Waals surface area contributed by atoms with Crippen LogP contribution in [0.25, 0.3) is 0 Å². The first-order valence-corrected chi connectivity index (χ1v) is 7.72. The van der Waals surface area contributed by atoms with Crippen LogP contribution in [-0.2, 0) is 4.74 Å². The molecule has 5 heteroatoms. The van der Waals surface area contributed by atoms with Crippen LogP contribution in [0.4, 0.5) is 4.79 Å². The van der Waals surface area contributed by atoms with Gasteiger partial charge in [0.15, 0.2) is 0 Å². The molecule has 20 heavy (non-hydrogen) atoms. The average molecular weight is 283 g/mol. The number of nitrogens with zero attached hydrogens (tertiary/aromatic N) is 3. The Labute approximate surface area is 122 Å². The van der Waals surface area contributed by atoms with E-state index >= 15 is 0 Å². The molecule has 0 aromatic carbocycles. The molecule has 0 bridgehead atoms. The number of hydrogen-bond acceptors (Lipinski definition) is 4. The van der Waals surface area contributed by atoms with Crippen molar-refractivity contribution in [3.63, 3.8) is 0 Å². The summed E-state index contributed by atoms with van der Waals surface area (Å²) in [6.07, 6.45) is -0.168. The molecule has 2 aliphatic rings. The molecular formula is C15H29N3O2. The smallest absolute Gasteiger partial charge is 0.410 e. The van der Waals surface area contributed by atoms with Crippen LogP contribution in [0.1, 0.15) is 34.6 Å². The minimum absolute atomic E-state index is 0.168. The Morgan fingerprint density at radius 3 is 2.35 bits per heavy atom. The Bertz CT molecular complexity index is 352. The fraction of sp³-hybridized carbons (Fsp3) is 0.933. The summed E-state index contributed by atoms with van der Waals surface area (Å²) in [5.74, 6) is 0. The lowest BCUT2D eigenvalue weighted by Crippen LogP contribution is -2.63. The molecule has 0 N–H and O–H groups in total. The van der Waals surface area contributed by atoms with E-state index in [2.05, 4.69) is 23.6 Å². The summed E-state index contributed by atoms with van der Waals surface area (Å²) in [5, 5.41) is 0. The SMILES string of the molecule is CC(C)N1CCN2CCN(C(=O)OC(C)(C)C)CC2C1. The van der Waals surface area contributed by atoms with Crippen molar-refractivity contribution in [1.82, 2.24) is 14.7 Å². The third-order valence-electron chi connectivity index (χ3n) is 4.11. The van der Waals surface area contributed by atoms with Gasteiger partial charge in [0, 0.05) is 51.4 Å². The summed E-state index contributed by atoms with van der Waals surface area (Å²) in [6.45, 7) is 16.1. The van der Waals surface area contributed by atoms with Crippen molar-refractivity contribution in [2.45, 2.75) is 52.3 Å². The predicted octanol–water partition coefficient (Wildman–Crippen LogP) is 1.63. The van der Waals surface area contributed by atoms with Crippen LogP contribution in [0.15, 0.2) is 0 Å². The molecule has 0 aliphatic carbocycles. The van der Waals surface area contributed by atoms with E-state index in [-0.39, 0.29) is 6.09 Å². The van der Waals surface area contributed by atoms with E-state index in [0.29, 0.717) is 12.1 Å². The lowest BCUT2D eigenvalue weighted by atomic mass is 10.1. The van der Waals surface area contributed by atoms with E-state index in [1.54, 1.807) is 0 Å². The van der Waals surface area contributed by atoms with Crippen molar-refractivity contribution in [1.29, 1.82) is 0 Å². The zero-order chi connectivity index (χ0) is 14.9. The maximum Gasteiger partial charge on any atom is 0.410 e. The van der Waals surface area contributed by atoms with Crippen LogP contribution in [0, 0.1) is 0 Å². The van der Waals surface area contributed by atoms with Crippen LogP contribution < -0.4 is 0 Å². The minimum atomic E-state index is -0.412. The molecular weight excluding hydrogens is 254 g/mol. The van der Waals surface area contributed by atoms with Gasteiger partial charge in [-0.15, -0.1) is 0 Å². The monoisotopic (exact) mass is 283 g/mol. The van der Waals surface area contributed by atoms with Crippen molar-refractivity contribution < 1.29 is 9.53 Å². The fourth-order valence-corrected chi connectivity index (χ4v) is 2.94. The molecule has 1 atom stereocenters. The molecule has 0 radical (unpaired) electrons. The number of fused-ring (bicyclic) bond motifs is 1. The molecule has 1 unspecified atom stereocenters. The second-order valence-corrected chi connectivity index (χ2v) is 7.20. The van der Waals surface area contributed by atoms with Gasteiger partial charge >= 0.3 is 6.09 Å². The van der Waals surface area contributed by atoms with Gasteiger partial charge in [0.2, 0.25) is 0 Å². The van der Waals surface area contributed by atoms with E-state index in [9.17, 15) is 4.79 Å². The Balaban J connectivity index is 1.92. The van der Waals surface area contributed by atoms with Crippen LogP contribution in [0.3, 0.4) is 0 Å². The van der Waals surface area contributed by atoms with Gasteiger partial charge in [-0.1, -0.05) is 0 Å². The van der Waals surface area contributed by atoms with Crippen LogP contribution >= 0.6 is 0 Å². The third kappa shape index (κ3) is 3.85. The number of rotatable bonds is 1. The van der Waals surface area contributed by atoms with Gasteiger partial charge in [0.25, 0.3) is 0 Å². The maximum absolute atomic E-state index is 12.2. The molecule has 2 fully saturated rings. The molecule has 0 saturated carbocycles. The second kappa shape index (κ2) is 5.90. The van der Waals surface area contributed by atoms with Gasteiger partial charge in [0.1, 0.15) is 5.60 Å². The topological polar surface area (TPSA) is 36.0 Å². The van der Waals surface area contributed by atoms with Crippen LogP contribution in [-0.4, -0.2) is 77.7 Å². The fourth-order valence-electron chi connectivity index (χ4n) is 2.94. The summed E-state index contributed by atoms with van der Waals surface area (Å²) in [7, 11) is 0. The highest BCUT2D eigenvalue weighted by atomic mass is 16.6. The maximum atomic E-state index is 12.2. The largest absolute Gasteiger partial charge is 0.444 e. The van der Waals surface area contributed by atoms with E-state index < -0.39 is 5.60 Å². The number of carbonyl (C=O) groups excluding carboxylic acids is 1. The van der Waals surface area contributed by atoms with Crippen molar-refractivity contribution >= 4 is 6.09 Å². The Morgan fingerprint density at radius 1 is 1.10 bits per heavy atom.